The van der Waals surface area contributed by atoms with Gasteiger partial charge in [0.1, 0.15) is 0 Å². The normalized spacial score (nSPS) is 10.3. The second kappa shape index (κ2) is 15.7. The van der Waals surface area contributed by atoms with Crippen molar-refractivity contribution in [2.45, 2.75) is 32.1 Å². The Morgan fingerprint density at radius 2 is 1.41 bits per heavy atom. The lowest BCUT2D eigenvalue weighted by Gasteiger charge is -2.21. The van der Waals surface area contributed by atoms with Crippen LogP contribution in [0.5, 0.6) is 0 Å². The van der Waals surface area contributed by atoms with Crippen LogP contribution in [-0.2, 0) is 14.3 Å². The maximum atomic E-state index is 10.6. The van der Waals surface area contributed by atoms with E-state index in [9.17, 15) is 4.79 Å². The van der Waals surface area contributed by atoms with Crippen molar-refractivity contribution < 1.29 is 19.4 Å². The van der Waals surface area contributed by atoms with Gasteiger partial charge in [0, 0.05) is 45.7 Å². The molecule has 0 saturated heterocycles. The minimum atomic E-state index is -0.824. The molecule has 0 amide bonds. The van der Waals surface area contributed by atoms with Crippen LogP contribution in [0.1, 0.15) is 32.1 Å². The van der Waals surface area contributed by atoms with Gasteiger partial charge in [-0.25, -0.2) is 0 Å². The van der Waals surface area contributed by atoms with Crippen LogP contribution in [0.25, 0.3) is 0 Å². The molecule has 0 rings (SSSR count). The summed E-state index contributed by atoms with van der Waals surface area (Å²) in [6.45, 7) is 3.86. The minimum absolute atomic E-state index is 0.0862. The Morgan fingerprint density at radius 3 is 1.82 bits per heavy atom. The highest BCUT2D eigenvalue weighted by Crippen LogP contribution is 1.96. The van der Waals surface area contributed by atoms with Crippen molar-refractivity contribution in [1.29, 1.82) is 10.5 Å². The Bertz CT molecular complexity index is 337. The molecule has 0 aliphatic carbocycles. The smallest absolute Gasteiger partial charge is 0.304 e. The summed E-state index contributed by atoms with van der Waals surface area (Å²) in [7, 11) is 0. The van der Waals surface area contributed by atoms with E-state index in [4.69, 9.17) is 25.1 Å². The number of hydrogen-bond acceptors (Lipinski definition) is 6. The second-order valence-electron chi connectivity index (χ2n) is 4.73. The summed E-state index contributed by atoms with van der Waals surface area (Å²) in [6, 6.07) is 4.11. The van der Waals surface area contributed by atoms with Crippen molar-refractivity contribution in [3.05, 3.63) is 0 Å². The van der Waals surface area contributed by atoms with E-state index >= 15 is 0 Å². The molecule has 7 heteroatoms. The molecule has 7 nitrogen and oxygen atoms in total. The van der Waals surface area contributed by atoms with Crippen molar-refractivity contribution in [1.82, 2.24) is 4.90 Å². The van der Waals surface area contributed by atoms with E-state index in [1.807, 2.05) is 4.90 Å². The van der Waals surface area contributed by atoms with E-state index in [0.29, 0.717) is 71.7 Å². The van der Waals surface area contributed by atoms with Crippen LogP contribution >= 0.6 is 0 Å². The molecule has 0 aromatic heterocycles. The Hall–Kier alpha value is -1.67. The van der Waals surface area contributed by atoms with Gasteiger partial charge in [-0.2, -0.15) is 10.5 Å². The number of unbranched alkanes of at least 4 members (excludes halogenated alkanes) is 2. The molecule has 0 radical (unpaired) electrons. The zero-order valence-electron chi connectivity index (χ0n) is 13.0. The van der Waals surface area contributed by atoms with Gasteiger partial charge in [0.2, 0.25) is 0 Å². The number of ether oxygens (including phenoxy) is 2. The third-order valence-corrected chi connectivity index (χ3v) is 2.90. The fraction of sp³-hybridized carbons (Fsp3) is 0.800. The first-order chi connectivity index (χ1) is 10.7. The number of carboxylic acids is 1. The Labute approximate surface area is 132 Å². The highest BCUT2D eigenvalue weighted by atomic mass is 16.5. The number of nitriles is 2. The summed E-state index contributed by atoms with van der Waals surface area (Å²) in [6.07, 6.45) is 2.49. The Kier molecular flexibility index (Phi) is 14.5. The molecular weight excluding hydrogens is 286 g/mol. The van der Waals surface area contributed by atoms with Gasteiger partial charge in [0.25, 0.3) is 0 Å². The molecule has 0 saturated carbocycles. The van der Waals surface area contributed by atoms with E-state index in [0.717, 1.165) is 0 Å². The van der Waals surface area contributed by atoms with E-state index in [1.54, 1.807) is 0 Å². The van der Waals surface area contributed by atoms with Crippen molar-refractivity contribution in [2.75, 3.05) is 46.1 Å². The van der Waals surface area contributed by atoms with Crippen LogP contribution in [0.4, 0.5) is 0 Å². The van der Waals surface area contributed by atoms with Crippen LogP contribution in [0, 0.1) is 22.7 Å². The summed E-state index contributed by atoms with van der Waals surface area (Å²) >= 11 is 0. The monoisotopic (exact) mass is 311 g/mol. The third-order valence-electron chi connectivity index (χ3n) is 2.90. The van der Waals surface area contributed by atoms with Gasteiger partial charge in [-0.05, 0) is 12.8 Å². The van der Waals surface area contributed by atoms with Crippen LogP contribution in [-0.4, -0.2) is 62.0 Å². The highest BCUT2D eigenvalue weighted by Gasteiger charge is 2.07. The van der Waals surface area contributed by atoms with Gasteiger partial charge >= 0.3 is 5.97 Å². The maximum Gasteiger partial charge on any atom is 0.304 e. The van der Waals surface area contributed by atoms with E-state index < -0.39 is 5.97 Å². The van der Waals surface area contributed by atoms with E-state index in [-0.39, 0.29) is 6.42 Å². The minimum Gasteiger partial charge on any atom is -0.481 e. The summed E-state index contributed by atoms with van der Waals surface area (Å²) in [5.74, 6) is -0.824. The first-order valence-electron chi connectivity index (χ1n) is 7.54. The molecule has 0 bridgehead atoms. The lowest BCUT2D eigenvalue weighted by molar-refractivity contribution is -0.137. The number of hydrogen-bond donors (Lipinski definition) is 1. The largest absolute Gasteiger partial charge is 0.481 e. The summed E-state index contributed by atoms with van der Waals surface area (Å²) in [5, 5.41) is 25.6. The predicted octanol–water partition coefficient (Wildman–Crippen LogP) is 1.40. The Morgan fingerprint density at radius 1 is 0.909 bits per heavy atom. The van der Waals surface area contributed by atoms with Gasteiger partial charge in [-0.1, -0.05) is 0 Å². The highest BCUT2D eigenvalue weighted by molar-refractivity contribution is 5.66. The first kappa shape index (κ1) is 20.3. The van der Waals surface area contributed by atoms with Crippen LogP contribution in [0.15, 0.2) is 0 Å². The number of carboxylic acid groups (broad SMARTS) is 1. The molecule has 0 aromatic rings. The molecule has 0 aromatic carbocycles. The SMILES string of the molecule is N#CCCCOCCN(CCOCCCC#N)CCC(=O)O. The lowest BCUT2D eigenvalue weighted by atomic mass is 10.3. The van der Waals surface area contributed by atoms with Crippen molar-refractivity contribution >= 4 is 5.97 Å². The molecule has 0 aliphatic rings. The van der Waals surface area contributed by atoms with E-state index in [2.05, 4.69) is 12.1 Å². The topological polar surface area (TPSA) is 107 Å². The summed E-state index contributed by atoms with van der Waals surface area (Å²) in [4.78, 5) is 12.6. The number of aliphatic carboxylic acids is 1. The first-order valence-corrected chi connectivity index (χ1v) is 7.54. The summed E-state index contributed by atoms with van der Waals surface area (Å²) in [5.41, 5.74) is 0. The number of rotatable bonds is 15. The molecule has 0 unspecified atom stereocenters. The molecule has 0 fully saturated rings. The van der Waals surface area contributed by atoms with Gasteiger partial charge in [-0.3, -0.25) is 9.69 Å². The van der Waals surface area contributed by atoms with Crippen LogP contribution in [0.3, 0.4) is 0 Å². The molecular formula is C15H25N3O4. The molecule has 0 spiro atoms. The van der Waals surface area contributed by atoms with Gasteiger partial charge < -0.3 is 14.6 Å². The van der Waals surface area contributed by atoms with Gasteiger partial charge in [0.15, 0.2) is 0 Å². The average Bonchev–Trinajstić information content (AvgIpc) is 2.50. The fourth-order valence-corrected chi connectivity index (χ4v) is 1.69. The summed E-state index contributed by atoms with van der Waals surface area (Å²) < 4.78 is 10.8. The van der Waals surface area contributed by atoms with Crippen LogP contribution < -0.4 is 0 Å². The van der Waals surface area contributed by atoms with Crippen molar-refractivity contribution in [3.63, 3.8) is 0 Å². The van der Waals surface area contributed by atoms with Gasteiger partial charge in [-0.15, -0.1) is 0 Å². The zero-order chi connectivity index (χ0) is 16.5. The third kappa shape index (κ3) is 14.7. The lowest BCUT2D eigenvalue weighted by Crippen LogP contribution is -2.33. The molecule has 124 valence electrons. The van der Waals surface area contributed by atoms with Crippen molar-refractivity contribution in [2.24, 2.45) is 0 Å². The predicted molar refractivity (Wildman–Crippen MR) is 80.0 cm³/mol. The van der Waals surface area contributed by atoms with Crippen LogP contribution in [0.2, 0.25) is 0 Å². The molecule has 1 N–H and O–H groups in total. The average molecular weight is 311 g/mol. The molecule has 0 heterocycles. The quantitative estimate of drug-likeness (QED) is 0.455. The van der Waals surface area contributed by atoms with Gasteiger partial charge in [0.05, 0.1) is 31.8 Å². The zero-order valence-corrected chi connectivity index (χ0v) is 13.0. The molecule has 22 heavy (non-hydrogen) atoms. The second-order valence-corrected chi connectivity index (χ2v) is 4.73. The fourth-order valence-electron chi connectivity index (χ4n) is 1.69. The van der Waals surface area contributed by atoms with Crippen molar-refractivity contribution in [3.8, 4) is 12.1 Å². The molecule has 0 aliphatic heterocycles. The number of carbonyl (C=O) groups is 1. The van der Waals surface area contributed by atoms with E-state index in [1.165, 1.54) is 0 Å². The molecule has 0 atom stereocenters. The standard InChI is InChI=1S/C15H25N3O4/c16-6-1-3-11-21-13-9-18(8-5-15(19)20)10-14-22-12-4-2-7-17/h1-5,8-14H2,(H,19,20). The maximum absolute atomic E-state index is 10.6. The Balaban J connectivity index is 3.77. The number of nitrogens with zero attached hydrogens (tertiary/aromatic N) is 3.